The first kappa shape index (κ1) is 37.4. The van der Waals surface area contributed by atoms with Crippen molar-refractivity contribution in [3.8, 4) is 22.3 Å². The standard InChI is InChI=1S/C57H50N2O/c1-7-8-25-51(38(2)58-52-26-17-15-23-44(52)45-24-16-18-27-53(45)58)59(41-28-30-43(39-19-11-9-12-20-39)46(34-41)40-21-13-10-14-22-40)42-29-31-54-47(35-42)48-36-49-50(37-55(48)60-54)57(5,6)33-32-56(49,3)4/h7-31,34-37H,2,32-33H2,1,3-6H3/b8-7-,51-25+. The number of furan rings is 1. The van der Waals surface area contributed by atoms with Crippen LogP contribution < -0.4 is 4.90 Å². The van der Waals surface area contributed by atoms with Crippen LogP contribution in [0.1, 0.15) is 58.6 Å². The summed E-state index contributed by atoms with van der Waals surface area (Å²) in [5, 5.41) is 4.66. The van der Waals surface area contributed by atoms with E-state index in [1.807, 2.05) is 0 Å². The van der Waals surface area contributed by atoms with Crippen molar-refractivity contribution in [1.29, 1.82) is 0 Å². The maximum atomic E-state index is 6.72. The highest BCUT2D eigenvalue weighted by Gasteiger charge is 2.38. The van der Waals surface area contributed by atoms with Gasteiger partial charge in [0, 0.05) is 32.9 Å². The molecule has 2 aromatic heterocycles. The predicted molar refractivity (Wildman–Crippen MR) is 256 cm³/mol. The maximum Gasteiger partial charge on any atom is 0.135 e. The smallest absolute Gasteiger partial charge is 0.135 e. The van der Waals surface area contributed by atoms with Crippen LogP contribution in [0, 0.1) is 0 Å². The Kier molecular flexibility index (Phi) is 9.02. The summed E-state index contributed by atoms with van der Waals surface area (Å²) in [7, 11) is 0. The van der Waals surface area contributed by atoms with Crippen LogP contribution in [0.25, 0.3) is 71.7 Å². The molecule has 1 aliphatic rings. The van der Waals surface area contributed by atoms with Crippen LogP contribution >= 0.6 is 0 Å². The molecule has 2 heterocycles. The van der Waals surface area contributed by atoms with Gasteiger partial charge in [0.25, 0.3) is 0 Å². The molecule has 7 aromatic carbocycles. The lowest BCUT2D eigenvalue weighted by atomic mass is 9.63. The molecular weight excluding hydrogens is 729 g/mol. The Labute approximate surface area is 353 Å². The molecule has 0 bridgehead atoms. The van der Waals surface area contributed by atoms with Gasteiger partial charge in [-0.1, -0.05) is 150 Å². The Bertz CT molecular complexity index is 3120. The lowest BCUT2D eigenvalue weighted by Crippen LogP contribution is -2.33. The van der Waals surface area contributed by atoms with Crippen molar-refractivity contribution in [2.45, 2.75) is 58.3 Å². The highest BCUT2D eigenvalue weighted by molar-refractivity contribution is 6.11. The van der Waals surface area contributed by atoms with Gasteiger partial charge in [0.15, 0.2) is 0 Å². The number of allylic oxidation sites excluding steroid dienone is 4. The van der Waals surface area contributed by atoms with Gasteiger partial charge < -0.3 is 13.9 Å². The van der Waals surface area contributed by atoms with Crippen LogP contribution in [0.2, 0.25) is 0 Å². The van der Waals surface area contributed by atoms with Crippen LogP contribution in [0.5, 0.6) is 0 Å². The van der Waals surface area contributed by atoms with E-state index in [1.165, 1.54) is 33.0 Å². The van der Waals surface area contributed by atoms with Crippen LogP contribution in [-0.2, 0) is 10.8 Å². The van der Waals surface area contributed by atoms with Crippen LogP contribution in [0.15, 0.2) is 193 Å². The summed E-state index contributed by atoms with van der Waals surface area (Å²) in [5.74, 6) is 0. The number of benzene rings is 7. The maximum absolute atomic E-state index is 6.72. The number of para-hydroxylation sites is 2. The summed E-state index contributed by atoms with van der Waals surface area (Å²) in [6.45, 7) is 16.6. The van der Waals surface area contributed by atoms with Gasteiger partial charge in [0.2, 0.25) is 0 Å². The largest absolute Gasteiger partial charge is 0.456 e. The average Bonchev–Trinajstić information content (AvgIpc) is 3.81. The monoisotopic (exact) mass is 778 g/mol. The molecule has 1 aliphatic carbocycles. The third-order valence-corrected chi connectivity index (χ3v) is 12.9. The van der Waals surface area contributed by atoms with E-state index in [0.717, 1.165) is 79.7 Å². The molecule has 0 spiro atoms. The highest BCUT2D eigenvalue weighted by atomic mass is 16.3. The van der Waals surface area contributed by atoms with Crippen LogP contribution in [-0.4, -0.2) is 4.57 Å². The molecule has 294 valence electrons. The molecule has 3 heteroatoms. The summed E-state index contributed by atoms with van der Waals surface area (Å²) in [6.07, 6.45) is 8.73. The van der Waals surface area contributed by atoms with Gasteiger partial charge >= 0.3 is 0 Å². The van der Waals surface area contributed by atoms with E-state index in [9.17, 15) is 0 Å². The van der Waals surface area contributed by atoms with Gasteiger partial charge in [-0.3, -0.25) is 0 Å². The minimum atomic E-state index is 0.0725. The van der Waals surface area contributed by atoms with Crippen molar-refractivity contribution >= 4 is 60.8 Å². The second-order valence-electron chi connectivity index (χ2n) is 17.6. The summed E-state index contributed by atoms with van der Waals surface area (Å²) in [4.78, 5) is 2.39. The summed E-state index contributed by atoms with van der Waals surface area (Å²) in [6, 6.07) is 57.0. The fraction of sp³-hybridized carbons (Fsp3) is 0.158. The zero-order chi connectivity index (χ0) is 41.2. The number of aromatic nitrogens is 1. The van der Waals surface area contributed by atoms with E-state index in [-0.39, 0.29) is 10.8 Å². The summed E-state index contributed by atoms with van der Waals surface area (Å²) in [5.41, 5.74) is 15.6. The molecule has 10 rings (SSSR count). The number of hydrogen-bond acceptors (Lipinski definition) is 2. The van der Waals surface area contributed by atoms with Gasteiger partial charge in [0.05, 0.1) is 22.4 Å². The molecule has 0 aliphatic heterocycles. The molecular formula is C57H50N2O. The molecule has 0 amide bonds. The van der Waals surface area contributed by atoms with Crippen molar-refractivity contribution in [2.75, 3.05) is 4.90 Å². The molecule has 0 N–H and O–H groups in total. The Balaban J connectivity index is 1.25. The number of rotatable bonds is 8. The Morgan fingerprint density at radius 2 is 1.10 bits per heavy atom. The van der Waals surface area contributed by atoms with E-state index in [2.05, 4.69) is 220 Å². The molecule has 3 nitrogen and oxygen atoms in total. The Hall–Kier alpha value is -6.84. The topological polar surface area (TPSA) is 21.3 Å². The second kappa shape index (κ2) is 14.5. The number of anilines is 2. The number of hydrogen-bond donors (Lipinski definition) is 0. The lowest BCUT2D eigenvalue weighted by molar-refractivity contribution is 0.332. The average molecular weight is 779 g/mol. The first-order valence-electron chi connectivity index (χ1n) is 21.2. The van der Waals surface area contributed by atoms with E-state index >= 15 is 0 Å². The van der Waals surface area contributed by atoms with E-state index in [1.54, 1.807) is 0 Å². The first-order chi connectivity index (χ1) is 29.1. The molecule has 9 aromatic rings. The Morgan fingerprint density at radius 1 is 0.567 bits per heavy atom. The molecule has 0 fully saturated rings. The highest BCUT2D eigenvalue weighted by Crippen LogP contribution is 2.49. The van der Waals surface area contributed by atoms with E-state index < -0.39 is 0 Å². The van der Waals surface area contributed by atoms with Crippen molar-refractivity contribution in [3.63, 3.8) is 0 Å². The first-order valence-corrected chi connectivity index (χ1v) is 21.2. The van der Waals surface area contributed by atoms with Crippen molar-refractivity contribution in [2.24, 2.45) is 0 Å². The number of fused-ring (bicyclic) bond motifs is 7. The van der Waals surface area contributed by atoms with Gasteiger partial charge in [0.1, 0.15) is 11.2 Å². The van der Waals surface area contributed by atoms with Gasteiger partial charge in [-0.25, -0.2) is 0 Å². The molecule has 0 radical (unpaired) electrons. The lowest BCUT2D eigenvalue weighted by Gasteiger charge is -2.41. The zero-order valence-electron chi connectivity index (χ0n) is 35.2. The fourth-order valence-electron chi connectivity index (χ4n) is 9.60. The summed E-state index contributed by atoms with van der Waals surface area (Å²) >= 11 is 0. The SMILES string of the molecule is C=C(/C(=C\C=C/C)N(c1ccc(-c2ccccc2)c(-c2ccccc2)c1)c1ccc2oc3cc4c(cc3c2c1)C(C)(C)CCC4(C)C)n1c2ccccc2c2ccccc21. The molecule has 0 saturated heterocycles. The van der Waals surface area contributed by atoms with Crippen molar-refractivity contribution in [1.82, 2.24) is 4.57 Å². The van der Waals surface area contributed by atoms with Crippen molar-refractivity contribution < 1.29 is 4.42 Å². The Morgan fingerprint density at radius 3 is 1.73 bits per heavy atom. The van der Waals surface area contributed by atoms with Crippen molar-refractivity contribution in [3.05, 3.63) is 199 Å². The third-order valence-electron chi connectivity index (χ3n) is 12.9. The molecule has 60 heavy (non-hydrogen) atoms. The zero-order valence-corrected chi connectivity index (χ0v) is 35.2. The third kappa shape index (κ3) is 6.19. The minimum absolute atomic E-state index is 0.0725. The molecule has 0 unspecified atom stereocenters. The van der Waals surface area contributed by atoms with Gasteiger partial charge in [-0.05, 0) is 125 Å². The van der Waals surface area contributed by atoms with E-state index in [4.69, 9.17) is 11.0 Å². The van der Waals surface area contributed by atoms with Crippen LogP contribution in [0.3, 0.4) is 0 Å². The van der Waals surface area contributed by atoms with Gasteiger partial charge in [-0.2, -0.15) is 0 Å². The molecule has 0 atom stereocenters. The van der Waals surface area contributed by atoms with Crippen LogP contribution in [0.4, 0.5) is 11.4 Å². The summed E-state index contributed by atoms with van der Waals surface area (Å²) < 4.78 is 9.05. The second-order valence-corrected chi connectivity index (χ2v) is 17.6. The fourth-order valence-corrected chi connectivity index (χ4v) is 9.60. The number of nitrogens with zero attached hydrogens (tertiary/aromatic N) is 2. The molecule has 0 saturated carbocycles. The van der Waals surface area contributed by atoms with E-state index in [0.29, 0.717) is 0 Å². The minimum Gasteiger partial charge on any atom is -0.456 e. The normalized spacial score (nSPS) is 15.0. The predicted octanol–water partition coefficient (Wildman–Crippen LogP) is 16.1. The van der Waals surface area contributed by atoms with Gasteiger partial charge in [-0.15, -0.1) is 0 Å². The quantitative estimate of drug-likeness (QED) is 0.143.